The van der Waals surface area contributed by atoms with Gasteiger partial charge in [-0.25, -0.2) is 9.78 Å². The number of rotatable bonds is 25. The first-order valence-corrected chi connectivity index (χ1v) is 22.7. The second-order valence-electron chi connectivity index (χ2n) is 17.4. The number of nitrogens with zero attached hydrogens (tertiary/aromatic N) is 3. The molecule has 0 bridgehead atoms. The van der Waals surface area contributed by atoms with Crippen LogP contribution in [0, 0.1) is 35.5 Å². The van der Waals surface area contributed by atoms with Gasteiger partial charge in [0.1, 0.15) is 11.6 Å². The van der Waals surface area contributed by atoms with Crippen molar-refractivity contribution in [3.8, 4) is 0 Å². The number of hydrogen-bond donors (Lipinski definition) is 0. The largest absolute Gasteiger partial charge is 0.461 e. The molecule has 1 aromatic heterocycles. The van der Waals surface area contributed by atoms with E-state index in [0.29, 0.717) is 37.4 Å². The van der Waals surface area contributed by atoms with Crippen LogP contribution < -0.4 is 0 Å². The monoisotopic (exact) mass is 840 g/mol. The maximum absolute atomic E-state index is 14.4. The zero-order valence-electron chi connectivity index (χ0n) is 37.9. The van der Waals surface area contributed by atoms with E-state index < -0.39 is 36.1 Å². The first kappa shape index (κ1) is 49.9. The van der Waals surface area contributed by atoms with E-state index in [1.807, 2.05) is 83.7 Å². The number of benzene rings is 1. The number of ketones is 2. The van der Waals surface area contributed by atoms with Crippen LogP contribution in [-0.2, 0) is 39.8 Å². The minimum Gasteiger partial charge on any atom is -0.461 e. The molecule has 0 radical (unpaired) electrons. The van der Waals surface area contributed by atoms with Crippen LogP contribution in [0.5, 0.6) is 0 Å². The number of carbonyl (C=O) groups is 5. The van der Waals surface area contributed by atoms with Gasteiger partial charge in [0, 0.05) is 69.7 Å². The van der Waals surface area contributed by atoms with Gasteiger partial charge in [-0.2, -0.15) is 0 Å². The van der Waals surface area contributed by atoms with Gasteiger partial charge in [-0.05, 0) is 49.0 Å². The van der Waals surface area contributed by atoms with Crippen molar-refractivity contribution >= 4 is 40.7 Å². The Hall–Kier alpha value is -3.48. The molecule has 2 aromatic rings. The van der Waals surface area contributed by atoms with Crippen molar-refractivity contribution in [2.24, 2.45) is 35.5 Å². The lowest BCUT2D eigenvalue weighted by Crippen LogP contribution is -2.54. The molecule has 3 rings (SSSR count). The van der Waals surface area contributed by atoms with Gasteiger partial charge >= 0.3 is 5.97 Å². The first-order valence-electron chi connectivity index (χ1n) is 21.8. The zero-order chi connectivity index (χ0) is 44.0. The molecular formula is C47H73N3O8S. The first-order chi connectivity index (χ1) is 28.0. The molecule has 1 saturated heterocycles. The van der Waals surface area contributed by atoms with E-state index in [0.717, 1.165) is 18.4 Å². The zero-order valence-corrected chi connectivity index (χ0v) is 38.7. The predicted molar refractivity (Wildman–Crippen MR) is 233 cm³/mol. The van der Waals surface area contributed by atoms with Crippen LogP contribution in [0.4, 0.5) is 0 Å². The summed E-state index contributed by atoms with van der Waals surface area (Å²) in [6, 6.07) is 9.21. The number of esters is 1. The summed E-state index contributed by atoms with van der Waals surface area (Å²) in [5.41, 5.74) is 1.31. The number of methoxy groups -OCH3 is 2. The van der Waals surface area contributed by atoms with Crippen molar-refractivity contribution in [3.63, 3.8) is 0 Å². The Labute approximate surface area is 358 Å². The second kappa shape index (κ2) is 24.1. The van der Waals surface area contributed by atoms with E-state index >= 15 is 0 Å². The van der Waals surface area contributed by atoms with Gasteiger partial charge in [0.05, 0.1) is 42.3 Å². The Morgan fingerprint density at radius 3 is 2.12 bits per heavy atom. The smallest absolute Gasteiger partial charge is 0.357 e. The fourth-order valence-electron chi connectivity index (χ4n) is 8.40. The predicted octanol–water partition coefficient (Wildman–Crippen LogP) is 8.44. The number of aromatic nitrogens is 1. The summed E-state index contributed by atoms with van der Waals surface area (Å²) in [7, 11) is 4.97. The lowest BCUT2D eigenvalue weighted by molar-refractivity contribution is -0.149. The van der Waals surface area contributed by atoms with Gasteiger partial charge < -0.3 is 24.0 Å². The molecule has 1 aromatic carbocycles. The highest BCUT2D eigenvalue weighted by Crippen LogP contribution is 2.34. The third-order valence-electron chi connectivity index (χ3n) is 12.7. The van der Waals surface area contributed by atoms with Crippen molar-refractivity contribution in [2.45, 2.75) is 144 Å². The third-order valence-corrected chi connectivity index (χ3v) is 13.7. The van der Waals surface area contributed by atoms with E-state index in [-0.39, 0.29) is 84.0 Å². The summed E-state index contributed by atoms with van der Waals surface area (Å²) in [4.78, 5) is 76.9. The van der Waals surface area contributed by atoms with Crippen LogP contribution in [0.25, 0.3) is 0 Å². The molecule has 0 N–H and O–H groups in total. The van der Waals surface area contributed by atoms with Gasteiger partial charge in [-0.15, -0.1) is 11.3 Å². The number of thiazole rings is 1. The Morgan fingerprint density at radius 1 is 0.881 bits per heavy atom. The molecule has 9 atom stereocenters. The van der Waals surface area contributed by atoms with Crippen molar-refractivity contribution in [2.75, 3.05) is 34.4 Å². The highest BCUT2D eigenvalue weighted by Gasteiger charge is 2.43. The number of carbonyl (C=O) groups excluding carboxylic acids is 5. The number of likely N-dealkylation sites (tertiary alicyclic amines) is 1. The molecule has 59 heavy (non-hydrogen) atoms. The van der Waals surface area contributed by atoms with Crippen LogP contribution in [0.2, 0.25) is 0 Å². The highest BCUT2D eigenvalue weighted by molar-refractivity contribution is 7.09. The van der Waals surface area contributed by atoms with Gasteiger partial charge in [-0.3, -0.25) is 19.2 Å². The number of ether oxygens (including phenoxy) is 3. The molecule has 11 nitrogen and oxygen atoms in total. The minimum atomic E-state index is -0.591. The van der Waals surface area contributed by atoms with Crippen LogP contribution in [0.1, 0.15) is 134 Å². The fourth-order valence-corrected chi connectivity index (χ4v) is 9.29. The molecule has 1 aliphatic rings. The summed E-state index contributed by atoms with van der Waals surface area (Å²) in [6.07, 6.45) is 2.79. The summed E-state index contributed by atoms with van der Waals surface area (Å²) < 4.78 is 17.5. The van der Waals surface area contributed by atoms with Crippen LogP contribution >= 0.6 is 11.3 Å². The maximum Gasteiger partial charge on any atom is 0.357 e. The molecule has 0 unspecified atom stereocenters. The van der Waals surface area contributed by atoms with Crippen LogP contribution in [0.3, 0.4) is 0 Å². The van der Waals surface area contributed by atoms with Gasteiger partial charge in [0.2, 0.25) is 11.8 Å². The lowest BCUT2D eigenvalue weighted by Gasteiger charge is -2.41. The Morgan fingerprint density at radius 2 is 1.54 bits per heavy atom. The molecule has 1 aliphatic heterocycles. The number of Topliss-reactive ketones (excluding diaryl/α,β-unsaturated/α-hetero) is 2. The highest BCUT2D eigenvalue weighted by atomic mass is 32.1. The topological polar surface area (TPSA) is 132 Å². The summed E-state index contributed by atoms with van der Waals surface area (Å²) in [6.45, 7) is 18.7. The van der Waals surface area contributed by atoms with E-state index in [9.17, 15) is 24.0 Å². The van der Waals surface area contributed by atoms with E-state index in [1.165, 1.54) is 11.3 Å². The number of amides is 2. The SMILES string of the molecule is CCCOC(=O)c1csc([C@@H](CC(=O)[C@H](C)[C@@H](OC)[C@@H]2CCCN2C(=O)C[C@@H](OC)[C@H]([C@@H](C)CC)N(C)C(=O)[C@@H](CC(=O)[C@@H](C)C(C)C)C(C)C)Cc2ccccc2)n1. The van der Waals surface area contributed by atoms with Crippen molar-refractivity contribution < 1.29 is 38.2 Å². The average molecular weight is 840 g/mol. The summed E-state index contributed by atoms with van der Waals surface area (Å²) >= 11 is 1.36. The average Bonchev–Trinajstić information content (AvgIpc) is 3.92. The van der Waals surface area contributed by atoms with E-state index in [4.69, 9.17) is 14.2 Å². The second-order valence-corrected chi connectivity index (χ2v) is 18.3. The van der Waals surface area contributed by atoms with E-state index in [2.05, 4.69) is 18.8 Å². The van der Waals surface area contributed by atoms with Crippen molar-refractivity contribution in [1.82, 2.24) is 14.8 Å². The van der Waals surface area contributed by atoms with Crippen molar-refractivity contribution in [1.29, 1.82) is 0 Å². The third kappa shape index (κ3) is 13.5. The molecule has 330 valence electrons. The normalized spacial score (nSPS) is 18.5. The molecule has 0 spiro atoms. The Balaban J connectivity index is 1.82. The summed E-state index contributed by atoms with van der Waals surface area (Å²) in [5, 5.41) is 2.40. The number of likely N-dealkylation sites (N-methyl/N-ethyl adjacent to an activating group) is 1. The van der Waals surface area contributed by atoms with Gasteiger partial charge in [-0.1, -0.05) is 99.1 Å². The molecule has 0 aliphatic carbocycles. The Bertz CT molecular complexity index is 1650. The molecule has 1 fully saturated rings. The molecular weight excluding hydrogens is 767 g/mol. The maximum atomic E-state index is 14.4. The quantitative estimate of drug-likeness (QED) is 0.0904. The lowest BCUT2D eigenvalue weighted by atomic mass is 9.82. The molecule has 0 saturated carbocycles. The molecule has 2 heterocycles. The van der Waals surface area contributed by atoms with Gasteiger partial charge in [0.25, 0.3) is 0 Å². The molecule has 2 amide bonds. The van der Waals surface area contributed by atoms with E-state index in [1.54, 1.807) is 31.5 Å². The van der Waals surface area contributed by atoms with Crippen molar-refractivity contribution in [3.05, 3.63) is 52.0 Å². The van der Waals surface area contributed by atoms with Gasteiger partial charge in [0.15, 0.2) is 5.69 Å². The minimum absolute atomic E-state index is 0.00453. The Kier molecular flexibility index (Phi) is 20.4. The standard InChI is InChI=1S/C47H73N3O8S/c1-13-23-58-47(55)37-28-59-45(48-37)35(24-34-19-16-15-17-20-34)25-39(51)33(9)44(57-12)38-21-18-22-50(38)42(53)27-41(56-11)43(31(7)14-2)49(10)46(54)36(30(5)6)26-40(52)32(8)29(3)4/h15-17,19-20,28-33,35-36,38,41,43-44H,13-14,18,21-27H2,1-12H3/t31-,32-,33-,35+,36-,38-,41+,43-,44+/m0/s1. The summed E-state index contributed by atoms with van der Waals surface area (Å²) in [5.74, 6) is -1.87. The number of hydrogen-bond acceptors (Lipinski definition) is 10. The van der Waals surface area contributed by atoms with Crippen LogP contribution in [0.15, 0.2) is 35.7 Å². The molecule has 12 heteroatoms. The van der Waals surface area contributed by atoms with Crippen LogP contribution in [-0.4, -0.2) is 103 Å². The fraction of sp³-hybridized carbons (Fsp3) is 0.702.